The van der Waals surface area contributed by atoms with Gasteiger partial charge in [-0.15, -0.1) is 6.61 Å². The molecule has 5 N–H and O–H groups in total. The number of unbranched alkanes of at least 4 members (excludes halogenated alkanes) is 15. The third kappa shape index (κ3) is 31.2. The number of nitrogens with one attached hydrogen (secondary N) is 1. The van der Waals surface area contributed by atoms with Crippen molar-refractivity contribution in [2.24, 2.45) is 0 Å². The quantitative estimate of drug-likeness (QED) is 0.0348. The molecule has 1 fully saturated rings. The first kappa shape index (κ1) is 57.3. The largest absolute Gasteiger partial charge is 0.854 e. The zero-order valence-electron chi connectivity index (χ0n) is 38.1. The predicted octanol–water partition coefficient (Wildman–Crippen LogP) is 3.26. The van der Waals surface area contributed by atoms with Crippen LogP contribution in [0, 0.1) is 0 Å². The maximum atomic E-state index is 13.8. The van der Waals surface area contributed by atoms with E-state index in [1.807, 2.05) is 21.1 Å². The zero-order valence-corrected chi connectivity index (χ0v) is 39.0. The molecular formula is C42H81N6O13P. The molecule has 1 amide bonds. The second kappa shape index (κ2) is 33.7. The van der Waals surface area contributed by atoms with Gasteiger partial charge in [-0.3, -0.25) is 57.7 Å². The summed E-state index contributed by atoms with van der Waals surface area (Å²) in [6, 6.07) is -1.23. The topological polar surface area (TPSA) is 250 Å². The number of carboxylic acid groups (broad SMARTS) is 4. The molecule has 62 heavy (non-hydrogen) atoms. The highest BCUT2D eigenvalue weighted by atomic mass is 31.2. The molecule has 1 saturated heterocycles. The van der Waals surface area contributed by atoms with Gasteiger partial charge in [0.2, 0.25) is 5.91 Å². The molecule has 0 saturated carbocycles. The SMILES string of the molecule is C[N+](C)(C)CCOP(=O)(NC(=O)CCC(C(=O)O)N1CCN(CC(=O)O)CCN(CC(=O)O)CCN(CC(=O)O)CC1)OCCCCCCCCCCCCCCCCCC[O-]. The van der Waals surface area contributed by atoms with E-state index in [-0.39, 0.29) is 105 Å². The van der Waals surface area contributed by atoms with E-state index in [2.05, 4.69) is 5.09 Å². The summed E-state index contributed by atoms with van der Waals surface area (Å²) in [6.45, 7) is 0.716. The van der Waals surface area contributed by atoms with E-state index in [0.29, 0.717) is 17.4 Å². The smallest absolute Gasteiger partial charge is 0.435 e. The fourth-order valence-electron chi connectivity index (χ4n) is 7.25. The van der Waals surface area contributed by atoms with Crippen molar-refractivity contribution in [1.82, 2.24) is 24.7 Å². The number of rotatable bonds is 35. The first-order chi connectivity index (χ1) is 29.4. The summed E-state index contributed by atoms with van der Waals surface area (Å²) in [7, 11) is 1.72. The van der Waals surface area contributed by atoms with Crippen LogP contribution in [0.2, 0.25) is 0 Å². The molecule has 1 rings (SSSR count). The molecule has 0 radical (unpaired) electrons. The molecule has 2 unspecified atom stereocenters. The van der Waals surface area contributed by atoms with E-state index in [0.717, 1.165) is 38.5 Å². The summed E-state index contributed by atoms with van der Waals surface area (Å²) in [4.78, 5) is 67.2. The van der Waals surface area contributed by atoms with E-state index in [1.165, 1.54) is 57.8 Å². The van der Waals surface area contributed by atoms with Crippen molar-refractivity contribution in [3.8, 4) is 0 Å². The molecule has 19 nitrogen and oxygen atoms in total. The third-order valence-electron chi connectivity index (χ3n) is 10.9. The number of hydrogen-bond acceptors (Lipinski definition) is 13. The van der Waals surface area contributed by atoms with E-state index >= 15 is 0 Å². The van der Waals surface area contributed by atoms with Crippen molar-refractivity contribution in [1.29, 1.82) is 0 Å². The average Bonchev–Trinajstić information content (AvgIpc) is 3.16. The Morgan fingerprint density at radius 1 is 0.581 bits per heavy atom. The maximum Gasteiger partial charge on any atom is 0.435 e. The minimum Gasteiger partial charge on any atom is -0.854 e. The van der Waals surface area contributed by atoms with E-state index in [1.54, 1.807) is 19.6 Å². The second-order valence-corrected chi connectivity index (χ2v) is 19.2. The fraction of sp³-hybridized carbons (Fsp3) is 0.881. The number of amides is 1. The summed E-state index contributed by atoms with van der Waals surface area (Å²) in [5, 5.41) is 51.8. The summed E-state index contributed by atoms with van der Waals surface area (Å²) in [6.07, 6.45) is 17.3. The van der Waals surface area contributed by atoms with Crippen LogP contribution in [0.4, 0.5) is 0 Å². The maximum absolute atomic E-state index is 13.8. The van der Waals surface area contributed by atoms with Crippen LogP contribution in [0.3, 0.4) is 0 Å². The molecule has 20 heteroatoms. The van der Waals surface area contributed by atoms with Crippen molar-refractivity contribution in [2.45, 2.75) is 122 Å². The Bertz CT molecular complexity index is 1290. The minimum atomic E-state index is -4.11. The predicted molar refractivity (Wildman–Crippen MR) is 234 cm³/mol. The lowest BCUT2D eigenvalue weighted by molar-refractivity contribution is -0.870. The highest BCUT2D eigenvalue weighted by Crippen LogP contribution is 2.44. The molecule has 0 spiro atoms. The van der Waals surface area contributed by atoms with Crippen molar-refractivity contribution >= 4 is 37.5 Å². The fourth-order valence-corrected chi connectivity index (χ4v) is 8.56. The van der Waals surface area contributed by atoms with Gasteiger partial charge in [0.25, 0.3) is 0 Å². The summed E-state index contributed by atoms with van der Waals surface area (Å²) < 4.78 is 25.8. The standard InChI is InChI=1S/C42H81N6O13P/c1-48(2,3)30-33-61-62(59,60-32-19-17-15-13-11-9-7-5-4-6-8-10-12-14-16-18-31-49)43-38(50)21-20-37(42(57)58)47-28-26-45(35-40(53)54)24-22-44(34-39(51)52)23-25-46(27-29-47)36-41(55)56/h37H,4-36H2,1-3H3,(H,51,52)(H,53,54)(H,55,56)(H,57,58)(H,43,50,59). The number of carbonyl (C=O) groups is 5. The Morgan fingerprint density at radius 2 is 0.935 bits per heavy atom. The molecule has 1 aliphatic rings. The number of likely N-dealkylation sites (N-methyl/N-ethyl adjacent to an activating group) is 1. The molecule has 362 valence electrons. The Balaban J connectivity index is 2.78. The highest BCUT2D eigenvalue weighted by molar-refractivity contribution is 7.52. The molecule has 0 aromatic carbocycles. The molecule has 1 aliphatic heterocycles. The van der Waals surface area contributed by atoms with Gasteiger partial charge < -0.3 is 30.0 Å². The van der Waals surface area contributed by atoms with Crippen molar-refractivity contribution < 1.29 is 67.6 Å². The van der Waals surface area contributed by atoms with Crippen LogP contribution >= 0.6 is 7.75 Å². The van der Waals surface area contributed by atoms with Crippen LogP contribution in [0.15, 0.2) is 0 Å². The number of quaternary nitrogens is 1. The van der Waals surface area contributed by atoms with Crippen LogP contribution in [-0.4, -0.2) is 200 Å². The lowest BCUT2D eigenvalue weighted by atomic mass is 10.0. The first-order valence-electron chi connectivity index (χ1n) is 22.8. The van der Waals surface area contributed by atoms with Gasteiger partial charge in [-0.2, -0.15) is 0 Å². The van der Waals surface area contributed by atoms with Crippen LogP contribution in [0.25, 0.3) is 0 Å². The molecule has 0 aliphatic carbocycles. The lowest BCUT2D eigenvalue weighted by Crippen LogP contribution is -2.52. The monoisotopic (exact) mass is 909 g/mol. The van der Waals surface area contributed by atoms with Crippen LogP contribution in [0.5, 0.6) is 0 Å². The van der Waals surface area contributed by atoms with Crippen molar-refractivity contribution in [2.75, 3.05) is 120 Å². The van der Waals surface area contributed by atoms with Gasteiger partial charge in [0.05, 0.1) is 47.4 Å². The normalized spacial score (nSPS) is 17.1. The first-order valence-corrected chi connectivity index (χ1v) is 24.4. The summed E-state index contributed by atoms with van der Waals surface area (Å²) >= 11 is 0. The van der Waals surface area contributed by atoms with Gasteiger partial charge in [-0.05, 0) is 12.8 Å². The van der Waals surface area contributed by atoms with Gasteiger partial charge in [0.1, 0.15) is 19.2 Å². The summed E-state index contributed by atoms with van der Waals surface area (Å²) in [5.74, 6) is -5.25. The number of hydrogen-bond donors (Lipinski definition) is 5. The van der Waals surface area contributed by atoms with Gasteiger partial charge in [0, 0.05) is 58.8 Å². The minimum absolute atomic E-state index is 0.0445. The van der Waals surface area contributed by atoms with Gasteiger partial charge in [0.15, 0.2) is 0 Å². The summed E-state index contributed by atoms with van der Waals surface area (Å²) in [5.41, 5.74) is 0. The van der Waals surface area contributed by atoms with Crippen LogP contribution in [0.1, 0.15) is 116 Å². The number of nitrogens with zero attached hydrogens (tertiary/aromatic N) is 5. The lowest BCUT2D eigenvalue weighted by Gasteiger charge is -2.35. The van der Waals surface area contributed by atoms with Gasteiger partial charge in [-0.1, -0.05) is 96.3 Å². The number of carbonyl (C=O) groups excluding carboxylic acids is 1. The Labute approximate surface area is 370 Å². The van der Waals surface area contributed by atoms with E-state index in [4.69, 9.17) is 9.05 Å². The molecule has 0 bridgehead atoms. The molecule has 0 aromatic heterocycles. The van der Waals surface area contributed by atoms with Crippen LogP contribution in [-0.2, 0) is 37.6 Å². The Morgan fingerprint density at radius 3 is 1.29 bits per heavy atom. The Kier molecular flexibility index (Phi) is 31.2. The van der Waals surface area contributed by atoms with Gasteiger partial charge in [-0.25, -0.2) is 4.57 Å². The molecule has 2 atom stereocenters. The molecule has 1 heterocycles. The van der Waals surface area contributed by atoms with Crippen molar-refractivity contribution in [3.05, 3.63) is 0 Å². The van der Waals surface area contributed by atoms with Gasteiger partial charge >= 0.3 is 31.6 Å². The van der Waals surface area contributed by atoms with Crippen LogP contribution < -0.4 is 10.2 Å². The molecular weight excluding hydrogens is 827 g/mol. The number of aliphatic carboxylic acids is 4. The molecule has 0 aromatic rings. The van der Waals surface area contributed by atoms with E-state index in [9.17, 15) is 54.1 Å². The van der Waals surface area contributed by atoms with Crippen molar-refractivity contribution in [3.63, 3.8) is 0 Å². The Hall–Kier alpha value is -2.74. The number of carboxylic acids is 4. The third-order valence-corrected chi connectivity index (χ3v) is 12.5. The van der Waals surface area contributed by atoms with E-state index < -0.39 is 43.6 Å². The highest BCUT2D eigenvalue weighted by Gasteiger charge is 2.32. The second-order valence-electron chi connectivity index (χ2n) is 17.5. The average molecular weight is 909 g/mol. The zero-order chi connectivity index (χ0) is 46.2.